The van der Waals surface area contributed by atoms with Crippen LogP contribution in [0.3, 0.4) is 0 Å². The van der Waals surface area contributed by atoms with Crippen molar-refractivity contribution in [2.45, 2.75) is 13.5 Å². The Bertz CT molecular complexity index is 555. The summed E-state index contributed by atoms with van der Waals surface area (Å²) in [4.78, 5) is 34.2. The molecule has 7 nitrogen and oxygen atoms in total. The Balaban J connectivity index is 2.85. The highest BCUT2D eigenvalue weighted by Crippen LogP contribution is 2.13. The predicted octanol–water partition coefficient (Wildman–Crippen LogP) is 0.848. The normalized spacial score (nSPS) is 11.7. The van der Waals surface area contributed by atoms with E-state index >= 15 is 0 Å². The Kier molecular flexibility index (Phi) is 5.51. The highest BCUT2D eigenvalue weighted by atomic mass is 32.2. The van der Waals surface area contributed by atoms with Crippen LogP contribution in [0.2, 0.25) is 0 Å². The second kappa shape index (κ2) is 6.90. The molecule has 0 radical (unpaired) electrons. The van der Waals surface area contributed by atoms with Gasteiger partial charge in [-0.3, -0.25) is 28.8 Å². The monoisotopic (exact) mass is 298 g/mol. The zero-order chi connectivity index (χ0) is 15.3. The smallest absolute Gasteiger partial charge is 0.269 e. The molecule has 0 fully saturated rings. The topological polar surface area (TPSA) is 97.6 Å². The van der Waals surface area contributed by atoms with E-state index in [0.717, 1.165) is 4.90 Å². The second-order valence-electron chi connectivity index (χ2n) is 4.14. The van der Waals surface area contributed by atoms with Gasteiger partial charge in [0.2, 0.25) is 11.8 Å². The number of nitrogens with zero attached hydrogens (tertiary/aromatic N) is 2. The van der Waals surface area contributed by atoms with Crippen molar-refractivity contribution in [3.63, 3.8) is 0 Å². The van der Waals surface area contributed by atoms with Crippen molar-refractivity contribution in [1.29, 1.82) is 0 Å². The molecule has 2 amide bonds. The number of non-ortho nitro benzene ring substituents is 1. The van der Waals surface area contributed by atoms with Crippen LogP contribution >= 0.6 is 0 Å². The minimum absolute atomic E-state index is 0.00333. The summed E-state index contributed by atoms with van der Waals surface area (Å²) in [7, 11) is -1.33. The highest BCUT2D eigenvalue weighted by molar-refractivity contribution is 7.85. The predicted molar refractivity (Wildman–Crippen MR) is 73.3 cm³/mol. The molecule has 0 aliphatic carbocycles. The minimum atomic E-state index is -1.33. The molecular weight excluding hydrogens is 284 g/mol. The maximum Gasteiger partial charge on any atom is 0.269 e. The molecule has 0 aromatic heterocycles. The van der Waals surface area contributed by atoms with Crippen molar-refractivity contribution in [1.82, 2.24) is 4.90 Å². The summed E-state index contributed by atoms with van der Waals surface area (Å²) in [6, 6.07) is 5.56. The fourth-order valence-corrected chi connectivity index (χ4v) is 2.04. The van der Waals surface area contributed by atoms with Gasteiger partial charge >= 0.3 is 0 Å². The van der Waals surface area contributed by atoms with E-state index in [9.17, 15) is 23.9 Å². The van der Waals surface area contributed by atoms with E-state index in [0.29, 0.717) is 5.56 Å². The van der Waals surface area contributed by atoms with Crippen molar-refractivity contribution in [2.75, 3.05) is 12.0 Å². The van der Waals surface area contributed by atoms with Crippen LogP contribution in [-0.4, -0.2) is 37.9 Å². The van der Waals surface area contributed by atoms with Crippen molar-refractivity contribution in [2.24, 2.45) is 0 Å². The zero-order valence-electron chi connectivity index (χ0n) is 11.1. The zero-order valence-corrected chi connectivity index (χ0v) is 11.9. The average molecular weight is 298 g/mol. The lowest BCUT2D eigenvalue weighted by molar-refractivity contribution is -0.384. The van der Waals surface area contributed by atoms with Gasteiger partial charge in [-0.05, 0) is 5.56 Å². The molecule has 1 aromatic rings. The minimum Gasteiger partial charge on any atom is -0.278 e. The van der Waals surface area contributed by atoms with E-state index in [1.54, 1.807) is 0 Å². The van der Waals surface area contributed by atoms with Crippen LogP contribution in [0.1, 0.15) is 12.5 Å². The number of nitro groups is 1. The van der Waals surface area contributed by atoms with E-state index in [2.05, 4.69) is 0 Å². The van der Waals surface area contributed by atoms with Gasteiger partial charge in [-0.25, -0.2) is 0 Å². The van der Waals surface area contributed by atoms with Crippen molar-refractivity contribution in [3.8, 4) is 0 Å². The second-order valence-corrected chi connectivity index (χ2v) is 5.58. The summed E-state index contributed by atoms with van der Waals surface area (Å²) in [6.07, 6.45) is 1.38. The summed E-state index contributed by atoms with van der Waals surface area (Å²) >= 11 is 0. The fraction of sp³-hybridized carbons (Fsp3) is 0.333. The molecule has 8 heteroatoms. The van der Waals surface area contributed by atoms with Gasteiger partial charge in [0.1, 0.15) is 5.75 Å². The summed E-state index contributed by atoms with van der Waals surface area (Å²) in [6.45, 7) is 1.24. The van der Waals surface area contributed by atoms with Crippen molar-refractivity contribution in [3.05, 3.63) is 39.9 Å². The lowest BCUT2D eigenvalue weighted by atomic mass is 10.2. The van der Waals surface area contributed by atoms with Crippen molar-refractivity contribution < 1.29 is 18.7 Å². The molecule has 0 heterocycles. The third-order valence-corrected chi connectivity index (χ3v) is 3.15. The summed E-state index contributed by atoms with van der Waals surface area (Å²) < 4.78 is 11.0. The standard InChI is InChI=1S/C12H14N2O5S/c1-9(15)13(12(16)8-20(2)19)7-10-3-5-11(6-4-10)14(17)18/h3-6H,7-8H2,1-2H3. The Hall–Kier alpha value is -2.09. The molecule has 0 aliphatic rings. The molecule has 0 bridgehead atoms. The number of imide groups is 1. The number of nitro benzene ring substituents is 1. The molecular formula is C12H14N2O5S. The van der Waals surface area contributed by atoms with E-state index < -0.39 is 27.5 Å². The van der Waals surface area contributed by atoms with Gasteiger partial charge in [0.25, 0.3) is 5.69 Å². The molecule has 0 saturated carbocycles. The van der Waals surface area contributed by atoms with Crippen molar-refractivity contribution >= 4 is 28.3 Å². The molecule has 1 atom stereocenters. The Morgan fingerprint density at radius 3 is 2.25 bits per heavy atom. The number of hydrogen-bond acceptors (Lipinski definition) is 5. The molecule has 1 aromatic carbocycles. The Morgan fingerprint density at radius 2 is 1.85 bits per heavy atom. The first kappa shape index (κ1) is 16.0. The Labute approximate surface area is 118 Å². The molecule has 0 spiro atoms. The number of hydrogen-bond donors (Lipinski definition) is 0. The first-order valence-corrected chi connectivity index (χ1v) is 7.38. The van der Waals surface area contributed by atoms with Gasteiger partial charge in [0, 0.05) is 36.1 Å². The average Bonchev–Trinajstić information content (AvgIpc) is 2.35. The van der Waals surface area contributed by atoms with Crippen LogP contribution in [-0.2, 0) is 26.9 Å². The molecule has 0 N–H and O–H groups in total. The number of carbonyl (C=O) groups is 2. The largest absolute Gasteiger partial charge is 0.278 e. The lowest BCUT2D eigenvalue weighted by Crippen LogP contribution is -2.37. The third-order valence-electron chi connectivity index (χ3n) is 2.50. The van der Waals surface area contributed by atoms with Crippen LogP contribution in [0.5, 0.6) is 0 Å². The summed E-state index contributed by atoms with van der Waals surface area (Å²) in [5, 5.41) is 10.5. The van der Waals surface area contributed by atoms with E-state index in [1.807, 2.05) is 0 Å². The fourth-order valence-electron chi connectivity index (χ4n) is 1.53. The molecule has 0 aliphatic heterocycles. The number of benzene rings is 1. The van der Waals surface area contributed by atoms with E-state index in [1.165, 1.54) is 37.4 Å². The molecule has 1 rings (SSSR count). The van der Waals surface area contributed by atoms with E-state index in [-0.39, 0.29) is 18.0 Å². The quantitative estimate of drug-likeness (QED) is 0.593. The van der Waals surface area contributed by atoms with Gasteiger partial charge in [-0.2, -0.15) is 0 Å². The highest BCUT2D eigenvalue weighted by Gasteiger charge is 2.19. The van der Waals surface area contributed by atoms with Gasteiger partial charge in [-0.15, -0.1) is 0 Å². The van der Waals surface area contributed by atoms with Crippen LogP contribution in [0.15, 0.2) is 24.3 Å². The third kappa shape index (κ3) is 4.54. The van der Waals surface area contributed by atoms with Crippen LogP contribution in [0.4, 0.5) is 5.69 Å². The van der Waals surface area contributed by atoms with Crippen LogP contribution in [0.25, 0.3) is 0 Å². The number of amides is 2. The van der Waals surface area contributed by atoms with Gasteiger partial charge < -0.3 is 0 Å². The number of carbonyl (C=O) groups excluding carboxylic acids is 2. The van der Waals surface area contributed by atoms with E-state index in [4.69, 9.17) is 0 Å². The van der Waals surface area contributed by atoms with Crippen LogP contribution in [0, 0.1) is 10.1 Å². The number of rotatable bonds is 5. The maximum absolute atomic E-state index is 11.8. The van der Waals surface area contributed by atoms with Gasteiger partial charge in [0.05, 0.1) is 11.5 Å². The lowest BCUT2D eigenvalue weighted by Gasteiger charge is -2.18. The molecule has 20 heavy (non-hydrogen) atoms. The molecule has 0 saturated heterocycles. The van der Waals surface area contributed by atoms with Gasteiger partial charge in [0.15, 0.2) is 0 Å². The SMILES string of the molecule is CC(=O)N(Cc1ccc([N+](=O)[O-])cc1)C(=O)CS(C)=O. The summed E-state index contributed by atoms with van der Waals surface area (Å²) in [5.41, 5.74) is 0.519. The maximum atomic E-state index is 11.8. The molecule has 1 unspecified atom stereocenters. The van der Waals surface area contributed by atoms with Gasteiger partial charge in [-0.1, -0.05) is 12.1 Å². The molecule has 108 valence electrons. The first-order chi connectivity index (χ1) is 9.31. The first-order valence-electron chi connectivity index (χ1n) is 5.65. The Morgan fingerprint density at radius 1 is 1.30 bits per heavy atom. The van der Waals surface area contributed by atoms with Crippen LogP contribution < -0.4 is 0 Å². The summed E-state index contributed by atoms with van der Waals surface area (Å²) in [5.74, 6) is -1.22.